The van der Waals surface area contributed by atoms with E-state index in [2.05, 4.69) is 5.48 Å². The van der Waals surface area contributed by atoms with Crippen LogP contribution in [0.5, 0.6) is 0 Å². The Hall–Kier alpha value is -1.27. The van der Waals surface area contributed by atoms with E-state index in [0.29, 0.717) is 27.9 Å². The molecule has 21 heavy (non-hydrogen) atoms. The molecule has 0 saturated heterocycles. The number of carbonyl (C=O) groups is 1. The van der Waals surface area contributed by atoms with Gasteiger partial charge in [0.2, 0.25) is 0 Å². The van der Waals surface area contributed by atoms with Crippen molar-refractivity contribution < 1.29 is 14.7 Å². The van der Waals surface area contributed by atoms with Crippen molar-refractivity contribution in [3.05, 3.63) is 39.9 Å². The molecule has 0 atom stereocenters. The molecule has 0 aliphatic heterocycles. The molecule has 0 spiro atoms. The lowest BCUT2D eigenvalue weighted by molar-refractivity contribution is -0.136. The van der Waals surface area contributed by atoms with Gasteiger partial charge >= 0.3 is 5.97 Å². The second-order valence-electron chi connectivity index (χ2n) is 4.60. The molecule has 116 valence electrons. The van der Waals surface area contributed by atoms with Gasteiger partial charge in [-0.15, -0.1) is 0 Å². The summed E-state index contributed by atoms with van der Waals surface area (Å²) >= 11 is 11.8. The molecule has 0 radical (unpaired) electrons. The molecule has 0 aliphatic rings. The van der Waals surface area contributed by atoms with Crippen LogP contribution in [0.1, 0.15) is 12.0 Å². The number of halogens is 2. The van der Waals surface area contributed by atoms with Gasteiger partial charge in [-0.2, -0.15) is 0 Å². The molecule has 0 amide bonds. The average Bonchev–Trinajstić information content (AvgIpc) is 2.40. The Balaban J connectivity index is 2.78. The van der Waals surface area contributed by atoms with Gasteiger partial charge in [0.05, 0.1) is 28.8 Å². The fraction of sp³-hybridized carbons (Fsp3) is 0.357. The molecule has 0 bridgehead atoms. The molecule has 0 aromatic heterocycles. The van der Waals surface area contributed by atoms with Crippen molar-refractivity contribution in [2.45, 2.75) is 6.42 Å². The maximum absolute atomic E-state index is 10.7. The number of hydrogen-bond donors (Lipinski definition) is 2. The predicted molar refractivity (Wildman–Crippen MR) is 84.3 cm³/mol. The molecular formula is C14H18Cl2N2O3. The molecule has 1 aromatic rings. The molecule has 5 nitrogen and oxygen atoms in total. The summed E-state index contributed by atoms with van der Waals surface area (Å²) < 4.78 is 0. The van der Waals surface area contributed by atoms with E-state index >= 15 is 0 Å². The van der Waals surface area contributed by atoms with Crippen LogP contribution < -0.4 is 5.48 Å². The predicted octanol–water partition coefficient (Wildman–Crippen LogP) is 2.89. The molecule has 0 fully saturated rings. The summed E-state index contributed by atoms with van der Waals surface area (Å²) in [6.45, 7) is 1.19. The molecule has 1 rings (SSSR count). The van der Waals surface area contributed by atoms with Crippen LogP contribution >= 0.6 is 23.2 Å². The van der Waals surface area contributed by atoms with Gasteiger partial charge in [-0.3, -0.25) is 15.1 Å². The molecule has 2 N–H and O–H groups in total. The van der Waals surface area contributed by atoms with E-state index in [-0.39, 0.29) is 6.42 Å². The lowest BCUT2D eigenvalue weighted by Crippen LogP contribution is -2.23. The molecule has 1 aromatic carbocycles. The minimum Gasteiger partial charge on any atom is -0.481 e. The monoisotopic (exact) mass is 332 g/mol. The van der Waals surface area contributed by atoms with Gasteiger partial charge in [0.1, 0.15) is 0 Å². The van der Waals surface area contributed by atoms with Crippen LogP contribution in [0.25, 0.3) is 5.70 Å². The maximum Gasteiger partial charge on any atom is 0.307 e. The zero-order valence-corrected chi connectivity index (χ0v) is 13.4. The number of carboxylic acids is 1. The van der Waals surface area contributed by atoms with Gasteiger partial charge < -0.3 is 10.0 Å². The minimum absolute atomic E-state index is 0.125. The summed E-state index contributed by atoms with van der Waals surface area (Å²) in [5.74, 6) is -0.928. The van der Waals surface area contributed by atoms with Crippen molar-refractivity contribution in [3.63, 3.8) is 0 Å². The second kappa shape index (κ2) is 8.89. The first-order chi connectivity index (χ1) is 9.90. The van der Waals surface area contributed by atoms with Crippen molar-refractivity contribution in [2.24, 2.45) is 0 Å². The fourth-order valence-corrected chi connectivity index (χ4v) is 1.73. The minimum atomic E-state index is -0.928. The van der Waals surface area contributed by atoms with Crippen molar-refractivity contribution in [3.8, 4) is 0 Å². The van der Waals surface area contributed by atoms with Crippen LogP contribution in [0.4, 0.5) is 0 Å². The van der Waals surface area contributed by atoms with Gasteiger partial charge in [0, 0.05) is 12.1 Å². The van der Waals surface area contributed by atoms with Gasteiger partial charge in [-0.25, -0.2) is 0 Å². The van der Waals surface area contributed by atoms with Crippen molar-refractivity contribution in [1.82, 2.24) is 10.4 Å². The number of rotatable bonds is 8. The van der Waals surface area contributed by atoms with E-state index in [1.807, 2.05) is 19.0 Å². The first kappa shape index (κ1) is 17.8. The Morgan fingerprint density at radius 3 is 2.67 bits per heavy atom. The maximum atomic E-state index is 10.7. The summed E-state index contributed by atoms with van der Waals surface area (Å²) in [5.41, 5.74) is 4.00. The van der Waals surface area contributed by atoms with Gasteiger partial charge in [-0.1, -0.05) is 29.3 Å². The third-order valence-electron chi connectivity index (χ3n) is 2.53. The van der Waals surface area contributed by atoms with Gasteiger partial charge in [0.25, 0.3) is 0 Å². The van der Waals surface area contributed by atoms with Crippen LogP contribution in [0.15, 0.2) is 24.3 Å². The first-order valence-corrected chi connectivity index (χ1v) is 7.05. The number of nitrogens with one attached hydrogen (secondary N) is 1. The van der Waals surface area contributed by atoms with E-state index < -0.39 is 5.97 Å². The van der Waals surface area contributed by atoms with Crippen molar-refractivity contribution in [2.75, 3.05) is 27.2 Å². The summed E-state index contributed by atoms with van der Waals surface area (Å²) in [4.78, 5) is 18.0. The third-order valence-corrected chi connectivity index (χ3v) is 3.27. The van der Waals surface area contributed by atoms with E-state index in [0.717, 1.165) is 6.54 Å². The zero-order valence-electron chi connectivity index (χ0n) is 11.9. The zero-order chi connectivity index (χ0) is 15.8. The molecule has 0 saturated carbocycles. The van der Waals surface area contributed by atoms with Gasteiger partial charge in [0.15, 0.2) is 0 Å². The van der Waals surface area contributed by atoms with Gasteiger partial charge in [-0.05, 0) is 32.3 Å². The van der Waals surface area contributed by atoms with E-state index in [1.165, 1.54) is 6.08 Å². The Kier molecular flexibility index (Phi) is 7.53. The van der Waals surface area contributed by atoms with Crippen LogP contribution in [0, 0.1) is 0 Å². The largest absolute Gasteiger partial charge is 0.481 e. The number of likely N-dealkylation sites (N-methyl/N-ethyl adjacent to an activating group) is 1. The molecule has 0 heterocycles. The van der Waals surface area contributed by atoms with Crippen LogP contribution in [0.2, 0.25) is 10.0 Å². The number of benzene rings is 1. The Morgan fingerprint density at radius 1 is 1.38 bits per heavy atom. The van der Waals surface area contributed by atoms with Crippen LogP contribution in [-0.4, -0.2) is 43.2 Å². The van der Waals surface area contributed by atoms with Crippen molar-refractivity contribution in [1.29, 1.82) is 0 Å². The summed E-state index contributed by atoms with van der Waals surface area (Å²) in [7, 11) is 3.87. The Bertz CT molecular complexity index is 519. The highest BCUT2D eigenvalue weighted by molar-refractivity contribution is 6.42. The Labute approximate surface area is 134 Å². The fourth-order valence-electron chi connectivity index (χ4n) is 1.43. The third kappa shape index (κ3) is 6.82. The van der Waals surface area contributed by atoms with Crippen LogP contribution in [-0.2, 0) is 9.63 Å². The van der Waals surface area contributed by atoms with Crippen LogP contribution in [0.3, 0.4) is 0 Å². The highest BCUT2D eigenvalue weighted by Crippen LogP contribution is 2.25. The lowest BCUT2D eigenvalue weighted by atomic mass is 10.1. The summed E-state index contributed by atoms with van der Waals surface area (Å²) in [5, 5.41) is 9.62. The SMILES string of the molecule is CN(C)CCONC(=CCC(=O)O)c1ccc(Cl)c(Cl)c1. The van der Waals surface area contributed by atoms with E-state index in [4.69, 9.17) is 33.1 Å². The Morgan fingerprint density at radius 2 is 2.10 bits per heavy atom. The molecule has 7 heteroatoms. The van der Waals surface area contributed by atoms with E-state index in [1.54, 1.807) is 18.2 Å². The molecular weight excluding hydrogens is 315 g/mol. The second-order valence-corrected chi connectivity index (χ2v) is 5.41. The summed E-state index contributed by atoms with van der Waals surface area (Å²) in [6, 6.07) is 5.04. The summed E-state index contributed by atoms with van der Waals surface area (Å²) in [6.07, 6.45) is 1.40. The quantitative estimate of drug-likeness (QED) is 0.566. The first-order valence-electron chi connectivity index (χ1n) is 6.30. The number of carboxylic acid groups (broad SMARTS) is 1. The topological polar surface area (TPSA) is 61.8 Å². The number of nitrogens with zero attached hydrogens (tertiary/aromatic N) is 1. The van der Waals surface area contributed by atoms with Crippen molar-refractivity contribution >= 4 is 34.9 Å². The normalized spacial score (nSPS) is 11.8. The molecule has 0 aliphatic carbocycles. The number of hydrogen-bond acceptors (Lipinski definition) is 4. The highest BCUT2D eigenvalue weighted by atomic mass is 35.5. The lowest BCUT2D eigenvalue weighted by Gasteiger charge is -2.14. The average molecular weight is 333 g/mol. The van der Waals surface area contributed by atoms with E-state index in [9.17, 15) is 4.79 Å². The highest BCUT2D eigenvalue weighted by Gasteiger charge is 2.06. The number of aliphatic carboxylic acids is 1. The standard InChI is InChI=1S/C14H18Cl2N2O3/c1-18(2)7-8-21-17-13(5-6-14(19)20)10-3-4-11(15)12(16)9-10/h3-5,9,17H,6-8H2,1-2H3,(H,19,20). The smallest absolute Gasteiger partial charge is 0.307 e. The molecule has 0 unspecified atom stereocenters. The number of hydroxylamine groups is 1.